The van der Waals surface area contributed by atoms with Crippen LogP contribution in [0.2, 0.25) is 0 Å². The summed E-state index contributed by atoms with van der Waals surface area (Å²) in [7, 11) is 1.61. The summed E-state index contributed by atoms with van der Waals surface area (Å²) < 4.78 is 0. The number of carbonyl (C=O) groups is 1. The monoisotopic (exact) mass is 217 g/mol. The molecular weight excluding hydrogens is 207 g/mol. The molecule has 0 saturated carbocycles. The van der Waals surface area contributed by atoms with Crippen molar-refractivity contribution in [1.82, 2.24) is 10.9 Å². The SMILES string of the molecule is C[CH-]C(=O)NNC=NC.[Y]. The van der Waals surface area contributed by atoms with Crippen LogP contribution in [-0.4, -0.2) is 19.3 Å². The predicted molar refractivity (Wildman–Crippen MR) is 35.7 cm³/mol. The number of rotatable bonds is 3. The normalized spacial score (nSPS) is 8.20. The van der Waals surface area contributed by atoms with E-state index < -0.39 is 0 Å². The van der Waals surface area contributed by atoms with Gasteiger partial charge in [-0.25, -0.2) is 0 Å². The molecule has 0 aromatic rings. The fourth-order valence-corrected chi connectivity index (χ4v) is 0.240. The van der Waals surface area contributed by atoms with Gasteiger partial charge in [-0.15, -0.1) is 0 Å². The molecule has 1 radical (unpaired) electrons. The van der Waals surface area contributed by atoms with E-state index in [1.165, 1.54) is 12.8 Å². The van der Waals surface area contributed by atoms with Crippen molar-refractivity contribution in [2.45, 2.75) is 6.92 Å². The average Bonchev–Trinajstić information content (AvgIpc) is 1.89. The van der Waals surface area contributed by atoms with Gasteiger partial charge in [-0.1, -0.05) is 0 Å². The largest absolute Gasteiger partial charge is 0.309 e. The van der Waals surface area contributed by atoms with E-state index in [0.717, 1.165) is 0 Å². The summed E-state index contributed by atoms with van der Waals surface area (Å²) in [5, 5.41) is 0. The van der Waals surface area contributed by atoms with Crippen molar-refractivity contribution in [1.29, 1.82) is 0 Å². The molecule has 0 atom stereocenters. The Balaban J connectivity index is 0. The Bertz CT molecular complexity index is 115. The predicted octanol–water partition coefficient (Wildman–Crippen LogP) is -0.513. The summed E-state index contributed by atoms with van der Waals surface area (Å²) in [5.74, 6) is -0.171. The van der Waals surface area contributed by atoms with E-state index in [1.54, 1.807) is 14.0 Å². The molecule has 0 unspecified atom stereocenters. The van der Waals surface area contributed by atoms with Crippen LogP contribution in [0.25, 0.3) is 0 Å². The molecule has 0 aromatic carbocycles. The molecule has 1 amide bonds. The van der Waals surface area contributed by atoms with Crippen LogP contribution in [-0.2, 0) is 37.5 Å². The van der Waals surface area contributed by atoms with Crippen molar-refractivity contribution in [3.8, 4) is 0 Å². The van der Waals surface area contributed by atoms with Crippen LogP contribution in [0.5, 0.6) is 0 Å². The third-order valence-corrected chi connectivity index (χ3v) is 0.651. The molecule has 0 rings (SSSR count). The number of aliphatic imine (C=N–C) groups is 1. The van der Waals surface area contributed by atoms with Gasteiger partial charge in [0.25, 0.3) is 0 Å². The molecule has 0 aliphatic rings. The van der Waals surface area contributed by atoms with Crippen molar-refractivity contribution >= 4 is 12.2 Å². The molecule has 0 fully saturated rings. The van der Waals surface area contributed by atoms with Crippen LogP contribution in [0.4, 0.5) is 0 Å². The Morgan fingerprint density at radius 2 is 2.30 bits per heavy atom. The number of nitrogens with zero attached hydrogens (tertiary/aromatic N) is 1. The number of amides is 1. The van der Waals surface area contributed by atoms with Gasteiger partial charge in [0, 0.05) is 39.8 Å². The van der Waals surface area contributed by atoms with Crippen molar-refractivity contribution in [3.63, 3.8) is 0 Å². The summed E-state index contributed by atoms with van der Waals surface area (Å²) in [6.45, 7) is 1.65. The maximum absolute atomic E-state index is 10.4. The van der Waals surface area contributed by atoms with E-state index in [1.807, 2.05) is 0 Å². The maximum atomic E-state index is 10.4. The number of hydrogen-bond donors (Lipinski definition) is 2. The number of carbonyl (C=O) groups excluding carboxylic acids is 1. The average molecular weight is 217 g/mol. The van der Waals surface area contributed by atoms with Crippen LogP contribution in [0.15, 0.2) is 4.99 Å². The molecule has 10 heavy (non-hydrogen) atoms. The number of hydrogen-bond acceptors (Lipinski definition) is 2. The van der Waals surface area contributed by atoms with Gasteiger partial charge in [-0.2, -0.15) is 6.92 Å². The standard InChI is InChI=1S/C5H10N3O.Y/c1-3-5(9)8-7-4-6-2;/h3-4H,1-2H3,(H,6,7)(H,8,9);/q-1;. The molecule has 2 N–H and O–H groups in total. The second kappa shape index (κ2) is 8.91. The minimum Gasteiger partial charge on any atom is -0.309 e. The van der Waals surface area contributed by atoms with Crippen LogP contribution < -0.4 is 10.9 Å². The van der Waals surface area contributed by atoms with Crippen molar-refractivity contribution < 1.29 is 37.5 Å². The van der Waals surface area contributed by atoms with E-state index in [0.29, 0.717) is 0 Å². The zero-order valence-corrected chi connectivity index (χ0v) is 8.93. The molecule has 0 aliphatic carbocycles. The minimum atomic E-state index is -0.171. The van der Waals surface area contributed by atoms with Crippen LogP contribution in [0, 0.1) is 6.42 Å². The Kier molecular flexibility index (Phi) is 11.2. The molecule has 55 valence electrons. The third-order valence-electron chi connectivity index (χ3n) is 0.651. The molecule has 4 nitrogen and oxygen atoms in total. The molecule has 0 saturated heterocycles. The number of nitrogens with one attached hydrogen (secondary N) is 2. The Hall–Kier alpha value is -0.0861. The molecule has 0 spiro atoms. The Morgan fingerprint density at radius 1 is 1.70 bits per heavy atom. The minimum absolute atomic E-state index is 0. The first-order valence-corrected chi connectivity index (χ1v) is 2.56. The summed E-state index contributed by atoms with van der Waals surface area (Å²) in [4.78, 5) is 14.0. The summed E-state index contributed by atoms with van der Waals surface area (Å²) >= 11 is 0. The first-order valence-electron chi connectivity index (χ1n) is 2.56. The summed E-state index contributed by atoms with van der Waals surface area (Å²) in [6, 6.07) is 0. The molecular formula is C5H10N3OY-. The van der Waals surface area contributed by atoms with Gasteiger partial charge < -0.3 is 11.2 Å². The van der Waals surface area contributed by atoms with E-state index in [-0.39, 0.29) is 38.6 Å². The molecule has 0 aromatic heterocycles. The quantitative estimate of drug-likeness (QED) is 0.289. The van der Waals surface area contributed by atoms with E-state index >= 15 is 0 Å². The van der Waals surface area contributed by atoms with Gasteiger partial charge in [0.1, 0.15) is 12.2 Å². The van der Waals surface area contributed by atoms with Gasteiger partial charge in [-0.05, 0) is 0 Å². The molecule has 0 aliphatic heterocycles. The Labute approximate surface area is 85.7 Å². The third kappa shape index (κ3) is 7.91. The van der Waals surface area contributed by atoms with Gasteiger partial charge >= 0.3 is 0 Å². The second-order valence-electron chi connectivity index (χ2n) is 1.31. The van der Waals surface area contributed by atoms with Crippen LogP contribution >= 0.6 is 0 Å². The number of hydrazine groups is 1. The van der Waals surface area contributed by atoms with Gasteiger partial charge in [0.05, 0.1) is 0 Å². The van der Waals surface area contributed by atoms with Gasteiger partial charge in [0.15, 0.2) is 0 Å². The van der Waals surface area contributed by atoms with E-state index in [4.69, 9.17) is 0 Å². The first-order chi connectivity index (χ1) is 4.31. The second-order valence-corrected chi connectivity index (χ2v) is 1.31. The van der Waals surface area contributed by atoms with Gasteiger partial charge in [0.2, 0.25) is 0 Å². The Morgan fingerprint density at radius 3 is 2.70 bits per heavy atom. The van der Waals surface area contributed by atoms with E-state index in [2.05, 4.69) is 15.8 Å². The van der Waals surface area contributed by atoms with Crippen molar-refractivity contribution in [2.75, 3.05) is 7.05 Å². The van der Waals surface area contributed by atoms with Crippen molar-refractivity contribution in [3.05, 3.63) is 6.42 Å². The van der Waals surface area contributed by atoms with Crippen molar-refractivity contribution in [2.24, 2.45) is 4.99 Å². The topological polar surface area (TPSA) is 53.5 Å². The van der Waals surface area contributed by atoms with E-state index in [9.17, 15) is 4.79 Å². The zero-order chi connectivity index (χ0) is 7.11. The molecule has 5 heteroatoms. The molecule has 0 heterocycles. The first kappa shape index (κ1) is 12.6. The molecule has 0 bridgehead atoms. The summed E-state index contributed by atoms with van der Waals surface area (Å²) in [5.41, 5.74) is 4.80. The van der Waals surface area contributed by atoms with Crippen LogP contribution in [0.3, 0.4) is 0 Å². The fraction of sp³-hybridized carbons (Fsp3) is 0.400. The smallest absolute Gasteiger partial charge is 0.101 e. The van der Waals surface area contributed by atoms with Gasteiger partial charge in [-0.3, -0.25) is 15.8 Å². The zero-order valence-electron chi connectivity index (χ0n) is 6.09. The summed E-state index contributed by atoms with van der Waals surface area (Å²) in [6.07, 6.45) is 2.80. The maximum Gasteiger partial charge on any atom is 0.101 e. The fourth-order valence-electron chi connectivity index (χ4n) is 0.240. The van der Waals surface area contributed by atoms with Crippen LogP contribution in [0.1, 0.15) is 6.92 Å².